The number of nitrogens with zero attached hydrogens (tertiary/aromatic N) is 1. The second-order valence-electron chi connectivity index (χ2n) is 6.42. The number of halogens is 3. The Balaban J connectivity index is 1.87. The maximum atomic E-state index is 13.1. The Morgan fingerprint density at radius 2 is 1.92 bits per heavy atom. The second-order valence-corrected chi connectivity index (χ2v) is 8.65. The SMILES string of the molecule is O=C(Nc1cc(C(F)(F)F)ccc1N1CCOCC1)C1CCS(=O)(=O)C1. The molecule has 0 spiro atoms. The molecule has 2 aliphatic heterocycles. The lowest BCUT2D eigenvalue weighted by molar-refractivity contribution is -0.137. The predicted octanol–water partition coefficient (Wildman–Crippen LogP) is 1.92. The van der Waals surface area contributed by atoms with E-state index in [-0.39, 0.29) is 23.6 Å². The van der Waals surface area contributed by atoms with Crippen LogP contribution in [0.3, 0.4) is 0 Å². The van der Waals surface area contributed by atoms with E-state index in [1.54, 1.807) is 0 Å². The third kappa shape index (κ3) is 4.29. The fourth-order valence-electron chi connectivity index (χ4n) is 3.13. The number of carbonyl (C=O) groups excluding carboxylic acids is 1. The van der Waals surface area contributed by atoms with Crippen LogP contribution in [0.1, 0.15) is 12.0 Å². The van der Waals surface area contributed by atoms with Gasteiger partial charge in [-0.1, -0.05) is 0 Å². The number of sulfone groups is 1. The highest BCUT2D eigenvalue weighted by atomic mass is 32.2. The number of ether oxygens (including phenoxy) is 1. The summed E-state index contributed by atoms with van der Waals surface area (Å²) < 4.78 is 67.5. The Labute approximate surface area is 149 Å². The van der Waals surface area contributed by atoms with Gasteiger partial charge in [-0.2, -0.15) is 13.2 Å². The number of benzene rings is 1. The molecule has 2 saturated heterocycles. The van der Waals surface area contributed by atoms with Gasteiger partial charge in [-0.15, -0.1) is 0 Å². The lowest BCUT2D eigenvalue weighted by atomic mass is 10.1. The van der Waals surface area contributed by atoms with Gasteiger partial charge in [0.15, 0.2) is 9.84 Å². The van der Waals surface area contributed by atoms with Gasteiger partial charge in [-0.05, 0) is 24.6 Å². The monoisotopic (exact) mass is 392 g/mol. The minimum atomic E-state index is -4.54. The van der Waals surface area contributed by atoms with E-state index in [1.165, 1.54) is 6.07 Å². The van der Waals surface area contributed by atoms with E-state index < -0.39 is 33.4 Å². The average Bonchev–Trinajstić information content (AvgIpc) is 2.95. The Hall–Kier alpha value is -1.81. The van der Waals surface area contributed by atoms with Gasteiger partial charge in [-0.25, -0.2) is 8.42 Å². The van der Waals surface area contributed by atoms with Crippen molar-refractivity contribution >= 4 is 27.1 Å². The highest BCUT2D eigenvalue weighted by Crippen LogP contribution is 2.36. The number of nitrogens with one attached hydrogen (secondary N) is 1. The van der Waals surface area contributed by atoms with Crippen molar-refractivity contribution in [2.75, 3.05) is 48.0 Å². The third-order valence-corrected chi connectivity index (χ3v) is 6.30. The molecule has 1 aromatic rings. The van der Waals surface area contributed by atoms with Crippen molar-refractivity contribution in [2.45, 2.75) is 12.6 Å². The molecule has 0 saturated carbocycles. The summed E-state index contributed by atoms with van der Waals surface area (Å²) in [5, 5.41) is 2.51. The van der Waals surface area contributed by atoms with Crippen LogP contribution in [-0.2, 0) is 25.5 Å². The number of amides is 1. The Morgan fingerprint density at radius 3 is 2.50 bits per heavy atom. The zero-order valence-corrected chi connectivity index (χ0v) is 14.7. The molecule has 1 N–H and O–H groups in total. The fourth-order valence-corrected chi connectivity index (χ4v) is 4.87. The minimum absolute atomic E-state index is 0.0380. The lowest BCUT2D eigenvalue weighted by Crippen LogP contribution is -2.37. The van der Waals surface area contributed by atoms with E-state index in [0.717, 1.165) is 12.1 Å². The second kappa shape index (κ2) is 7.07. The molecule has 0 aromatic heterocycles. The number of morpholine rings is 1. The molecule has 6 nitrogen and oxygen atoms in total. The molecule has 1 amide bonds. The van der Waals surface area contributed by atoms with E-state index in [9.17, 15) is 26.4 Å². The van der Waals surface area contributed by atoms with Crippen LogP contribution >= 0.6 is 0 Å². The van der Waals surface area contributed by atoms with E-state index in [2.05, 4.69) is 5.32 Å². The van der Waals surface area contributed by atoms with E-state index in [1.807, 2.05) is 4.90 Å². The number of hydrogen-bond acceptors (Lipinski definition) is 5. The summed E-state index contributed by atoms with van der Waals surface area (Å²) in [6, 6.07) is 3.20. The smallest absolute Gasteiger partial charge is 0.378 e. The van der Waals surface area contributed by atoms with Crippen LogP contribution in [0.4, 0.5) is 24.5 Å². The highest BCUT2D eigenvalue weighted by molar-refractivity contribution is 7.91. The molecule has 2 fully saturated rings. The van der Waals surface area contributed by atoms with Gasteiger partial charge in [0, 0.05) is 13.1 Å². The third-order valence-electron chi connectivity index (χ3n) is 4.54. The molecule has 1 atom stereocenters. The largest absolute Gasteiger partial charge is 0.416 e. The van der Waals surface area contributed by atoms with Gasteiger partial charge in [0.2, 0.25) is 5.91 Å². The summed E-state index contributed by atoms with van der Waals surface area (Å²) in [5.41, 5.74) is -0.365. The first kappa shape index (κ1) is 19.0. The molecule has 10 heteroatoms. The van der Waals surface area contributed by atoms with Crippen molar-refractivity contribution in [1.82, 2.24) is 0 Å². The highest BCUT2D eigenvalue weighted by Gasteiger charge is 2.35. The Kier molecular flexibility index (Phi) is 5.16. The zero-order chi connectivity index (χ0) is 18.9. The van der Waals surface area contributed by atoms with E-state index >= 15 is 0 Å². The van der Waals surface area contributed by atoms with Gasteiger partial charge in [-0.3, -0.25) is 4.79 Å². The predicted molar refractivity (Wildman–Crippen MR) is 89.9 cm³/mol. The van der Waals surface area contributed by atoms with E-state index in [4.69, 9.17) is 4.74 Å². The van der Waals surface area contributed by atoms with Crippen LogP contribution in [0.25, 0.3) is 0 Å². The van der Waals surface area contributed by atoms with Gasteiger partial charge >= 0.3 is 6.18 Å². The number of anilines is 2. The van der Waals surface area contributed by atoms with Gasteiger partial charge in [0.25, 0.3) is 0 Å². The van der Waals surface area contributed by atoms with Crippen LogP contribution in [0.2, 0.25) is 0 Å². The molecule has 3 rings (SSSR count). The first-order valence-electron chi connectivity index (χ1n) is 8.21. The molecule has 2 aliphatic rings. The Morgan fingerprint density at radius 1 is 1.23 bits per heavy atom. The topological polar surface area (TPSA) is 75.7 Å². The number of alkyl halides is 3. The summed E-state index contributed by atoms with van der Waals surface area (Å²) in [6.45, 7) is 1.86. The van der Waals surface area contributed by atoms with Gasteiger partial charge in [0.05, 0.1) is 47.6 Å². The number of rotatable bonds is 3. The summed E-state index contributed by atoms with van der Waals surface area (Å²) in [6.07, 6.45) is -4.36. The summed E-state index contributed by atoms with van der Waals surface area (Å²) in [5.74, 6) is -1.67. The first-order chi connectivity index (χ1) is 12.2. The molecule has 1 unspecified atom stereocenters. The summed E-state index contributed by atoms with van der Waals surface area (Å²) in [4.78, 5) is 14.2. The van der Waals surface area contributed by atoms with E-state index in [0.29, 0.717) is 32.0 Å². The Bertz CT molecular complexity index is 789. The quantitative estimate of drug-likeness (QED) is 0.851. The summed E-state index contributed by atoms with van der Waals surface area (Å²) in [7, 11) is -3.26. The average molecular weight is 392 g/mol. The first-order valence-corrected chi connectivity index (χ1v) is 10.0. The van der Waals surface area contributed by atoms with Crippen molar-refractivity contribution in [2.24, 2.45) is 5.92 Å². The maximum absolute atomic E-state index is 13.1. The standard InChI is InChI=1S/C16H19F3N2O4S/c17-16(18,19)12-1-2-14(21-4-6-25-7-5-21)13(9-12)20-15(22)11-3-8-26(23,24)10-11/h1-2,9,11H,3-8,10H2,(H,20,22). The van der Waals surface area contributed by atoms with Crippen LogP contribution in [0.5, 0.6) is 0 Å². The molecule has 0 radical (unpaired) electrons. The van der Waals surface area contributed by atoms with Gasteiger partial charge < -0.3 is 15.0 Å². The van der Waals surface area contributed by atoms with Crippen molar-refractivity contribution in [1.29, 1.82) is 0 Å². The summed E-state index contributed by atoms with van der Waals surface area (Å²) >= 11 is 0. The van der Waals surface area contributed by atoms with Crippen molar-refractivity contribution < 1.29 is 31.1 Å². The van der Waals surface area contributed by atoms with Crippen LogP contribution in [0.15, 0.2) is 18.2 Å². The number of carbonyl (C=O) groups is 1. The minimum Gasteiger partial charge on any atom is -0.378 e. The molecule has 0 bridgehead atoms. The molecule has 2 heterocycles. The van der Waals surface area contributed by atoms with Crippen LogP contribution in [0, 0.1) is 5.92 Å². The zero-order valence-electron chi connectivity index (χ0n) is 13.9. The van der Waals surface area contributed by atoms with Crippen molar-refractivity contribution in [3.63, 3.8) is 0 Å². The normalized spacial score (nSPS) is 23.0. The molecule has 1 aromatic carbocycles. The van der Waals surface area contributed by atoms with Gasteiger partial charge in [0.1, 0.15) is 0 Å². The van der Waals surface area contributed by atoms with Crippen molar-refractivity contribution in [3.8, 4) is 0 Å². The molecule has 26 heavy (non-hydrogen) atoms. The lowest BCUT2D eigenvalue weighted by Gasteiger charge is -2.31. The fraction of sp³-hybridized carbons (Fsp3) is 0.562. The number of hydrogen-bond donors (Lipinski definition) is 1. The van der Waals surface area contributed by atoms with Crippen molar-refractivity contribution in [3.05, 3.63) is 23.8 Å². The molecular weight excluding hydrogens is 373 g/mol. The van der Waals surface area contributed by atoms with Crippen LogP contribution in [-0.4, -0.2) is 52.1 Å². The molecule has 0 aliphatic carbocycles. The molecular formula is C16H19F3N2O4S. The van der Waals surface area contributed by atoms with Crippen LogP contribution < -0.4 is 10.2 Å². The maximum Gasteiger partial charge on any atom is 0.416 e. The molecule has 144 valence electrons.